The van der Waals surface area contributed by atoms with Crippen LogP contribution in [0, 0.1) is 22.9 Å². The number of halogens is 1. The Morgan fingerprint density at radius 1 is 1.33 bits per heavy atom. The van der Waals surface area contributed by atoms with E-state index < -0.39 is 4.92 Å². The Hall–Kier alpha value is -3.03. The molecular formula is C16H16FN3O4. The first-order chi connectivity index (χ1) is 11.4. The molecule has 2 rings (SSSR count). The van der Waals surface area contributed by atoms with Crippen molar-refractivity contribution in [3.8, 4) is 0 Å². The van der Waals surface area contributed by atoms with Gasteiger partial charge in [0.25, 0.3) is 11.2 Å². The van der Waals surface area contributed by atoms with Crippen molar-refractivity contribution < 1.29 is 14.1 Å². The van der Waals surface area contributed by atoms with Crippen LogP contribution in [0.5, 0.6) is 0 Å². The summed E-state index contributed by atoms with van der Waals surface area (Å²) in [5.41, 5.74) is 0.426. The van der Waals surface area contributed by atoms with Crippen LogP contribution in [0.1, 0.15) is 17.5 Å². The summed E-state index contributed by atoms with van der Waals surface area (Å²) < 4.78 is 13.9. The number of aryl methyl sites for hydroxylation is 2. The molecule has 0 aliphatic carbocycles. The molecule has 7 nitrogen and oxygen atoms in total. The molecule has 24 heavy (non-hydrogen) atoms. The average Bonchev–Trinajstić information content (AvgIpc) is 2.55. The molecule has 0 bridgehead atoms. The van der Waals surface area contributed by atoms with Crippen LogP contribution in [0.15, 0.2) is 41.3 Å². The van der Waals surface area contributed by atoms with Gasteiger partial charge in [0, 0.05) is 31.1 Å². The number of carbonyl (C=O) groups excluding carboxylic acids is 1. The Balaban J connectivity index is 1.95. The fourth-order valence-electron chi connectivity index (χ4n) is 2.14. The van der Waals surface area contributed by atoms with Gasteiger partial charge in [0.15, 0.2) is 0 Å². The number of benzene rings is 1. The van der Waals surface area contributed by atoms with Crippen LogP contribution in [0.4, 0.5) is 10.1 Å². The maximum absolute atomic E-state index is 12.8. The van der Waals surface area contributed by atoms with E-state index in [1.165, 1.54) is 25.1 Å². The van der Waals surface area contributed by atoms with Gasteiger partial charge >= 0.3 is 0 Å². The van der Waals surface area contributed by atoms with E-state index >= 15 is 0 Å². The van der Waals surface area contributed by atoms with Crippen molar-refractivity contribution >= 4 is 11.6 Å². The third-order valence-electron chi connectivity index (χ3n) is 3.44. The second-order valence-corrected chi connectivity index (χ2v) is 5.29. The highest BCUT2D eigenvalue weighted by molar-refractivity contribution is 5.75. The molecule has 8 heteroatoms. The lowest BCUT2D eigenvalue weighted by atomic mass is 10.2. The summed E-state index contributed by atoms with van der Waals surface area (Å²) in [6, 6.07) is 6.92. The van der Waals surface area contributed by atoms with Gasteiger partial charge in [-0.25, -0.2) is 4.39 Å². The lowest BCUT2D eigenvalue weighted by molar-refractivity contribution is -0.385. The zero-order chi connectivity index (χ0) is 17.7. The molecule has 0 atom stereocenters. The van der Waals surface area contributed by atoms with Crippen molar-refractivity contribution in [3.05, 3.63) is 73.9 Å². The molecule has 0 aliphatic heterocycles. The summed E-state index contributed by atoms with van der Waals surface area (Å²) in [5.74, 6) is -0.666. The average molecular weight is 333 g/mol. The summed E-state index contributed by atoms with van der Waals surface area (Å²) in [6.45, 7) is 1.76. The van der Waals surface area contributed by atoms with Gasteiger partial charge < -0.3 is 9.88 Å². The number of nitro groups is 1. The van der Waals surface area contributed by atoms with E-state index in [1.54, 1.807) is 12.1 Å². The highest BCUT2D eigenvalue weighted by Gasteiger charge is 2.12. The highest BCUT2D eigenvalue weighted by atomic mass is 19.1. The zero-order valence-electron chi connectivity index (χ0n) is 13.0. The SMILES string of the molecule is Cc1cc([N+](=O)[O-])cn(CCC(=O)NCc2ccc(F)cc2)c1=O. The molecule has 2 aromatic rings. The van der Waals surface area contributed by atoms with E-state index in [1.807, 2.05) is 0 Å². The summed E-state index contributed by atoms with van der Waals surface area (Å²) >= 11 is 0. The Labute approximate surface area is 136 Å². The Morgan fingerprint density at radius 3 is 2.62 bits per heavy atom. The minimum Gasteiger partial charge on any atom is -0.352 e. The smallest absolute Gasteiger partial charge is 0.286 e. The summed E-state index contributed by atoms with van der Waals surface area (Å²) in [4.78, 5) is 34.0. The number of amides is 1. The number of carbonyl (C=O) groups is 1. The van der Waals surface area contributed by atoms with Crippen LogP contribution in [-0.4, -0.2) is 15.4 Å². The molecule has 1 amide bonds. The van der Waals surface area contributed by atoms with Crippen LogP contribution in [0.3, 0.4) is 0 Å². The molecule has 0 saturated heterocycles. The van der Waals surface area contributed by atoms with Gasteiger partial charge in [-0.05, 0) is 24.6 Å². The Morgan fingerprint density at radius 2 is 2.00 bits per heavy atom. The minimum atomic E-state index is -0.586. The van der Waals surface area contributed by atoms with Gasteiger partial charge in [0.1, 0.15) is 5.82 Å². The lowest BCUT2D eigenvalue weighted by Crippen LogP contribution is -2.28. The van der Waals surface area contributed by atoms with Crippen molar-refractivity contribution in [2.24, 2.45) is 0 Å². The number of nitrogens with zero attached hydrogens (tertiary/aromatic N) is 2. The van der Waals surface area contributed by atoms with Crippen LogP contribution in [0.2, 0.25) is 0 Å². The molecule has 0 unspecified atom stereocenters. The minimum absolute atomic E-state index is 0.00170. The van der Waals surface area contributed by atoms with Gasteiger partial charge in [-0.3, -0.25) is 19.7 Å². The van der Waals surface area contributed by atoms with Crippen LogP contribution in [-0.2, 0) is 17.9 Å². The van der Waals surface area contributed by atoms with E-state index in [-0.39, 0.29) is 48.0 Å². The van der Waals surface area contributed by atoms with Crippen molar-refractivity contribution in [2.75, 3.05) is 0 Å². The first-order valence-electron chi connectivity index (χ1n) is 7.23. The Kier molecular flexibility index (Phi) is 5.41. The van der Waals surface area contributed by atoms with Gasteiger partial charge in [-0.1, -0.05) is 12.1 Å². The van der Waals surface area contributed by atoms with Gasteiger partial charge in [-0.2, -0.15) is 0 Å². The largest absolute Gasteiger partial charge is 0.352 e. The second kappa shape index (κ2) is 7.49. The topological polar surface area (TPSA) is 94.2 Å². The molecular weight excluding hydrogens is 317 g/mol. The number of nitrogens with one attached hydrogen (secondary N) is 1. The van der Waals surface area contributed by atoms with Gasteiger partial charge in [0.05, 0.1) is 11.1 Å². The van der Waals surface area contributed by atoms with E-state index in [0.717, 1.165) is 16.3 Å². The van der Waals surface area contributed by atoms with Gasteiger partial charge in [0.2, 0.25) is 5.91 Å². The number of aromatic nitrogens is 1. The number of hydrogen-bond acceptors (Lipinski definition) is 4. The maximum Gasteiger partial charge on any atom is 0.286 e. The summed E-state index contributed by atoms with van der Waals surface area (Å²) in [6.07, 6.45) is 1.13. The number of pyridine rings is 1. The van der Waals surface area contributed by atoms with E-state index in [0.29, 0.717) is 0 Å². The Bertz CT molecular complexity index is 815. The molecule has 0 saturated carbocycles. The normalized spacial score (nSPS) is 10.4. The molecule has 0 aliphatic rings. The van der Waals surface area contributed by atoms with Gasteiger partial charge in [-0.15, -0.1) is 0 Å². The third kappa shape index (κ3) is 4.48. The van der Waals surface area contributed by atoms with E-state index in [2.05, 4.69) is 5.32 Å². The third-order valence-corrected chi connectivity index (χ3v) is 3.44. The lowest BCUT2D eigenvalue weighted by Gasteiger charge is -2.08. The van der Waals surface area contributed by atoms with Crippen LogP contribution in [0.25, 0.3) is 0 Å². The van der Waals surface area contributed by atoms with E-state index in [9.17, 15) is 24.1 Å². The fraction of sp³-hybridized carbons (Fsp3) is 0.250. The van der Waals surface area contributed by atoms with Crippen molar-refractivity contribution in [1.29, 1.82) is 0 Å². The monoisotopic (exact) mass is 333 g/mol. The molecule has 1 aromatic heterocycles. The first-order valence-corrected chi connectivity index (χ1v) is 7.23. The second-order valence-electron chi connectivity index (χ2n) is 5.29. The summed E-state index contributed by atoms with van der Waals surface area (Å²) in [7, 11) is 0. The predicted molar refractivity (Wildman–Crippen MR) is 85.0 cm³/mol. The standard InChI is InChI=1S/C16H16FN3O4/c1-11-8-14(20(23)24)10-19(16(11)22)7-6-15(21)18-9-12-2-4-13(17)5-3-12/h2-5,8,10H,6-7,9H2,1H3,(H,18,21). The van der Waals surface area contributed by atoms with Crippen LogP contribution < -0.4 is 10.9 Å². The maximum atomic E-state index is 12.8. The number of hydrogen-bond donors (Lipinski definition) is 1. The fourth-order valence-corrected chi connectivity index (χ4v) is 2.14. The molecule has 0 spiro atoms. The highest BCUT2D eigenvalue weighted by Crippen LogP contribution is 2.10. The molecule has 1 N–H and O–H groups in total. The van der Waals surface area contributed by atoms with Crippen LogP contribution >= 0.6 is 0 Å². The molecule has 1 aromatic carbocycles. The van der Waals surface area contributed by atoms with Crippen molar-refractivity contribution in [1.82, 2.24) is 9.88 Å². The van der Waals surface area contributed by atoms with Crippen molar-refractivity contribution in [2.45, 2.75) is 26.4 Å². The molecule has 126 valence electrons. The first kappa shape index (κ1) is 17.3. The quantitative estimate of drug-likeness (QED) is 0.645. The zero-order valence-corrected chi connectivity index (χ0v) is 13.0. The molecule has 0 fully saturated rings. The number of rotatable bonds is 6. The molecule has 1 heterocycles. The van der Waals surface area contributed by atoms with Crippen molar-refractivity contribution in [3.63, 3.8) is 0 Å². The predicted octanol–water partition coefficient (Wildman–Crippen LogP) is 1.91. The molecule has 0 radical (unpaired) electrons. The summed E-state index contributed by atoms with van der Waals surface area (Å²) in [5, 5.41) is 13.5. The van der Waals surface area contributed by atoms with E-state index in [4.69, 9.17) is 0 Å².